The Morgan fingerprint density at radius 3 is 2.38 bits per heavy atom. The van der Waals surface area contributed by atoms with Gasteiger partial charge in [0.1, 0.15) is 0 Å². The van der Waals surface area contributed by atoms with Gasteiger partial charge in [0, 0.05) is 12.1 Å². The fraction of sp³-hybridized carbons (Fsp3) is 0.727. The average molecular weight is 183 g/mol. The predicted octanol–water partition coefficient (Wildman–Crippen LogP) is 2.51. The van der Waals surface area contributed by atoms with Crippen molar-refractivity contribution in [1.29, 1.82) is 0 Å². The maximum Gasteiger partial charge on any atom is 0.246 e. The highest BCUT2D eigenvalue weighted by Gasteiger charge is 2.17. The second kappa shape index (κ2) is 5.05. The molecule has 2 nitrogen and oxygen atoms in total. The summed E-state index contributed by atoms with van der Waals surface area (Å²) in [6, 6.07) is 0. The lowest BCUT2D eigenvalue weighted by Gasteiger charge is -2.24. The Bertz CT molecular complexity index is 194. The van der Waals surface area contributed by atoms with Crippen LogP contribution in [-0.4, -0.2) is 12.5 Å². The minimum absolute atomic E-state index is 0.0378. The quantitative estimate of drug-likeness (QED) is 0.652. The summed E-state index contributed by atoms with van der Waals surface area (Å²) in [4.78, 5) is 11.2. The van der Waals surface area contributed by atoms with Gasteiger partial charge in [-0.25, -0.2) is 0 Å². The first kappa shape index (κ1) is 12.2. The lowest BCUT2D eigenvalue weighted by Crippen LogP contribution is -2.34. The van der Waals surface area contributed by atoms with Gasteiger partial charge in [0.15, 0.2) is 0 Å². The molecule has 0 saturated carbocycles. The Morgan fingerprint density at radius 2 is 2.00 bits per heavy atom. The third kappa shape index (κ3) is 5.45. The van der Waals surface area contributed by atoms with Gasteiger partial charge in [-0.3, -0.25) is 4.79 Å². The molecule has 0 fully saturated rings. The van der Waals surface area contributed by atoms with E-state index in [0.29, 0.717) is 5.57 Å². The highest BCUT2D eigenvalue weighted by atomic mass is 16.1. The molecule has 0 aliphatic heterocycles. The van der Waals surface area contributed by atoms with Crippen molar-refractivity contribution in [2.45, 2.75) is 40.5 Å². The molecule has 13 heavy (non-hydrogen) atoms. The number of carbonyl (C=O) groups is 1. The van der Waals surface area contributed by atoms with Crippen LogP contribution in [0.25, 0.3) is 0 Å². The van der Waals surface area contributed by atoms with Crippen LogP contribution in [-0.2, 0) is 4.79 Å². The summed E-state index contributed by atoms with van der Waals surface area (Å²) in [6.07, 6.45) is 2.28. The van der Waals surface area contributed by atoms with E-state index in [1.54, 1.807) is 6.92 Å². The van der Waals surface area contributed by atoms with Crippen molar-refractivity contribution in [3.05, 3.63) is 12.2 Å². The first-order valence-electron chi connectivity index (χ1n) is 4.83. The molecule has 0 atom stereocenters. The summed E-state index contributed by atoms with van der Waals surface area (Å²) >= 11 is 0. The molecule has 1 amide bonds. The molecule has 2 heteroatoms. The maximum atomic E-state index is 11.2. The number of amides is 1. The molecular formula is C11H21NO. The van der Waals surface area contributed by atoms with Gasteiger partial charge in [0.25, 0.3) is 0 Å². The highest BCUT2D eigenvalue weighted by molar-refractivity contribution is 5.92. The van der Waals surface area contributed by atoms with Gasteiger partial charge in [-0.1, -0.05) is 33.8 Å². The summed E-state index contributed by atoms with van der Waals surface area (Å²) in [5, 5.41) is 2.87. The normalized spacial score (nSPS) is 11.1. The van der Waals surface area contributed by atoms with Gasteiger partial charge >= 0.3 is 0 Å². The van der Waals surface area contributed by atoms with Crippen LogP contribution in [0.5, 0.6) is 0 Å². The topological polar surface area (TPSA) is 29.1 Å². The SMILES string of the molecule is C=C(C)C(=O)NCC(C)(C)CCC. The Balaban J connectivity index is 3.87. The van der Waals surface area contributed by atoms with Crippen LogP contribution in [0.1, 0.15) is 40.5 Å². The van der Waals surface area contributed by atoms with Crippen molar-refractivity contribution < 1.29 is 4.79 Å². The minimum atomic E-state index is -0.0378. The Kier molecular flexibility index (Phi) is 4.74. The maximum absolute atomic E-state index is 11.2. The van der Waals surface area contributed by atoms with Crippen molar-refractivity contribution in [1.82, 2.24) is 5.32 Å². The molecule has 0 heterocycles. The van der Waals surface area contributed by atoms with Crippen molar-refractivity contribution in [2.24, 2.45) is 5.41 Å². The lowest BCUT2D eigenvalue weighted by molar-refractivity contribution is -0.117. The third-order valence-electron chi connectivity index (χ3n) is 2.04. The standard InChI is InChI=1S/C11H21NO/c1-6-7-11(4,5)8-12-10(13)9(2)3/h2,6-8H2,1,3-5H3,(H,12,13). The summed E-state index contributed by atoms with van der Waals surface area (Å²) < 4.78 is 0. The van der Waals surface area contributed by atoms with E-state index in [4.69, 9.17) is 0 Å². The van der Waals surface area contributed by atoms with E-state index in [1.807, 2.05) is 0 Å². The zero-order chi connectivity index (χ0) is 10.5. The number of hydrogen-bond donors (Lipinski definition) is 1. The van der Waals surface area contributed by atoms with Gasteiger partial charge in [-0.05, 0) is 18.8 Å². The van der Waals surface area contributed by atoms with Crippen molar-refractivity contribution in [2.75, 3.05) is 6.54 Å². The molecule has 0 aliphatic carbocycles. The largest absolute Gasteiger partial charge is 0.352 e. The molecule has 0 bridgehead atoms. The van der Waals surface area contributed by atoms with Crippen LogP contribution >= 0.6 is 0 Å². The summed E-state index contributed by atoms with van der Waals surface area (Å²) in [5.41, 5.74) is 0.771. The smallest absolute Gasteiger partial charge is 0.246 e. The van der Waals surface area contributed by atoms with Gasteiger partial charge in [-0.15, -0.1) is 0 Å². The van der Waals surface area contributed by atoms with E-state index in [0.717, 1.165) is 19.4 Å². The molecule has 0 aliphatic rings. The fourth-order valence-corrected chi connectivity index (χ4v) is 1.24. The van der Waals surface area contributed by atoms with Crippen LogP contribution in [0, 0.1) is 5.41 Å². The summed E-state index contributed by atoms with van der Waals surface area (Å²) in [7, 11) is 0. The molecule has 0 spiro atoms. The average Bonchev–Trinajstić information content (AvgIpc) is 2.00. The molecule has 0 aromatic heterocycles. The van der Waals surface area contributed by atoms with Crippen LogP contribution < -0.4 is 5.32 Å². The summed E-state index contributed by atoms with van der Waals surface area (Å²) in [6.45, 7) is 12.5. The Hall–Kier alpha value is -0.790. The molecule has 0 rings (SSSR count). The van der Waals surface area contributed by atoms with E-state index in [-0.39, 0.29) is 11.3 Å². The number of nitrogens with one attached hydrogen (secondary N) is 1. The molecule has 1 N–H and O–H groups in total. The van der Waals surface area contributed by atoms with Gasteiger partial charge in [0.2, 0.25) is 5.91 Å². The molecule has 0 saturated heterocycles. The first-order valence-corrected chi connectivity index (χ1v) is 4.83. The van der Waals surface area contributed by atoms with Gasteiger partial charge in [0.05, 0.1) is 0 Å². The van der Waals surface area contributed by atoms with Gasteiger partial charge < -0.3 is 5.32 Å². The van der Waals surface area contributed by atoms with Gasteiger partial charge in [-0.2, -0.15) is 0 Å². The van der Waals surface area contributed by atoms with E-state index in [1.165, 1.54) is 0 Å². The second-order valence-electron chi connectivity index (χ2n) is 4.38. The Labute approximate surface area is 81.4 Å². The zero-order valence-corrected chi connectivity index (χ0v) is 9.24. The second-order valence-corrected chi connectivity index (χ2v) is 4.38. The molecule has 0 aromatic rings. The number of rotatable bonds is 5. The number of hydrogen-bond acceptors (Lipinski definition) is 1. The van der Waals surface area contributed by atoms with Crippen molar-refractivity contribution >= 4 is 5.91 Å². The van der Waals surface area contributed by atoms with Crippen LogP contribution in [0.4, 0.5) is 0 Å². The first-order chi connectivity index (χ1) is 5.89. The molecule has 0 aromatic carbocycles. The zero-order valence-electron chi connectivity index (χ0n) is 9.24. The van der Waals surface area contributed by atoms with E-state index >= 15 is 0 Å². The monoisotopic (exact) mass is 183 g/mol. The van der Waals surface area contributed by atoms with Crippen molar-refractivity contribution in [3.63, 3.8) is 0 Å². The van der Waals surface area contributed by atoms with Crippen molar-refractivity contribution in [3.8, 4) is 0 Å². The number of carbonyl (C=O) groups excluding carboxylic acids is 1. The van der Waals surface area contributed by atoms with E-state index in [9.17, 15) is 4.79 Å². The van der Waals surface area contributed by atoms with Crippen LogP contribution in [0.15, 0.2) is 12.2 Å². The van der Waals surface area contributed by atoms with Crippen LogP contribution in [0.3, 0.4) is 0 Å². The minimum Gasteiger partial charge on any atom is -0.352 e. The predicted molar refractivity (Wildman–Crippen MR) is 56.5 cm³/mol. The van der Waals surface area contributed by atoms with E-state index < -0.39 is 0 Å². The molecule has 0 unspecified atom stereocenters. The highest BCUT2D eigenvalue weighted by Crippen LogP contribution is 2.20. The Morgan fingerprint density at radius 1 is 1.46 bits per heavy atom. The molecular weight excluding hydrogens is 162 g/mol. The molecule has 76 valence electrons. The molecule has 0 radical (unpaired) electrons. The fourth-order valence-electron chi connectivity index (χ4n) is 1.24. The van der Waals surface area contributed by atoms with E-state index in [2.05, 4.69) is 32.7 Å². The third-order valence-corrected chi connectivity index (χ3v) is 2.04. The lowest BCUT2D eigenvalue weighted by atomic mass is 9.88. The summed E-state index contributed by atoms with van der Waals surface area (Å²) in [5.74, 6) is -0.0378. The van der Waals surface area contributed by atoms with Crippen LogP contribution in [0.2, 0.25) is 0 Å².